The van der Waals surface area contributed by atoms with Crippen LogP contribution in [0.2, 0.25) is 0 Å². The minimum Gasteiger partial charge on any atom is -0.492 e. The molecule has 0 unspecified atom stereocenters. The van der Waals surface area contributed by atoms with E-state index in [1.165, 1.54) is 5.69 Å². The molecular weight excluding hydrogens is 372 g/mol. The van der Waals surface area contributed by atoms with Gasteiger partial charge in [-0.3, -0.25) is 4.90 Å². The maximum atomic E-state index is 11.9. The molecule has 4 nitrogen and oxygen atoms in total. The van der Waals surface area contributed by atoms with Crippen molar-refractivity contribution in [2.75, 3.05) is 37.7 Å². The molecule has 1 N–H and O–H groups in total. The second-order valence-corrected chi connectivity index (χ2v) is 9.85. The Bertz CT molecular complexity index is 854. The van der Waals surface area contributed by atoms with Crippen LogP contribution < -0.4 is 9.64 Å². The van der Waals surface area contributed by atoms with Gasteiger partial charge in [-0.25, -0.2) is 0 Å². The molecular formula is C26H36N2O2. The normalized spacial score (nSPS) is 28.1. The van der Waals surface area contributed by atoms with E-state index in [0.29, 0.717) is 12.6 Å². The van der Waals surface area contributed by atoms with Crippen molar-refractivity contribution < 1.29 is 9.84 Å². The molecule has 4 rings (SSSR count). The van der Waals surface area contributed by atoms with E-state index in [0.717, 1.165) is 37.5 Å². The molecule has 1 aliphatic heterocycles. The molecule has 1 aliphatic carbocycles. The van der Waals surface area contributed by atoms with Crippen LogP contribution in [-0.4, -0.2) is 48.8 Å². The summed E-state index contributed by atoms with van der Waals surface area (Å²) in [7, 11) is 0. The Morgan fingerprint density at radius 2 is 1.43 bits per heavy atom. The summed E-state index contributed by atoms with van der Waals surface area (Å²) in [6.07, 6.45) is 0. The highest BCUT2D eigenvalue weighted by molar-refractivity contribution is 5.58. The van der Waals surface area contributed by atoms with Crippen molar-refractivity contribution in [2.45, 2.75) is 46.3 Å². The minimum atomic E-state index is -0.843. The second-order valence-electron chi connectivity index (χ2n) is 9.85. The van der Waals surface area contributed by atoms with Crippen molar-refractivity contribution in [2.24, 2.45) is 10.8 Å². The quantitative estimate of drug-likeness (QED) is 0.789. The SMILES string of the molecule is CCOc1ccccc1N1CCN(C2C(C)(C)C(O)(c3ccccc3)C2(C)C)CC1. The number of rotatable bonds is 5. The Labute approximate surface area is 181 Å². The molecule has 4 heteroatoms. The van der Waals surface area contributed by atoms with Gasteiger partial charge in [0.1, 0.15) is 11.4 Å². The Kier molecular flexibility index (Phi) is 5.36. The standard InChI is InChI=1S/C26H36N2O2/c1-6-30-22-15-11-10-14-21(22)27-16-18-28(19-17-27)23-24(2,3)26(29,25(23,4)5)20-12-8-7-9-13-20/h7-15,23,29H,6,16-19H2,1-5H3. The van der Waals surface area contributed by atoms with Crippen LogP contribution in [0.4, 0.5) is 5.69 Å². The van der Waals surface area contributed by atoms with Crippen LogP contribution in [0.25, 0.3) is 0 Å². The van der Waals surface area contributed by atoms with Gasteiger partial charge >= 0.3 is 0 Å². The van der Waals surface area contributed by atoms with E-state index >= 15 is 0 Å². The lowest BCUT2D eigenvalue weighted by atomic mass is 9.39. The first-order valence-electron chi connectivity index (χ1n) is 11.2. The van der Waals surface area contributed by atoms with Crippen LogP contribution in [-0.2, 0) is 5.60 Å². The van der Waals surface area contributed by atoms with E-state index in [1.54, 1.807) is 0 Å². The van der Waals surface area contributed by atoms with Crippen molar-refractivity contribution >= 4 is 5.69 Å². The summed E-state index contributed by atoms with van der Waals surface area (Å²) in [5.74, 6) is 0.969. The monoisotopic (exact) mass is 408 g/mol. The number of hydrogen-bond donors (Lipinski definition) is 1. The summed E-state index contributed by atoms with van der Waals surface area (Å²) in [5, 5.41) is 11.9. The zero-order valence-electron chi connectivity index (χ0n) is 19.1. The topological polar surface area (TPSA) is 35.9 Å². The molecule has 0 aromatic heterocycles. The number of aliphatic hydroxyl groups is 1. The first-order chi connectivity index (χ1) is 14.2. The first-order valence-corrected chi connectivity index (χ1v) is 11.2. The molecule has 1 heterocycles. The largest absolute Gasteiger partial charge is 0.492 e. The van der Waals surface area contributed by atoms with Gasteiger partial charge in [0.05, 0.1) is 12.3 Å². The fourth-order valence-corrected chi connectivity index (χ4v) is 6.60. The van der Waals surface area contributed by atoms with Gasteiger partial charge in [-0.1, -0.05) is 70.2 Å². The lowest BCUT2D eigenvalue weighted by Crippen LogP contribution is -2.79. The highest BCUT2D eigenvalue weighted by Crippen LogP contribution is 2.68. The van der Waals surface area contributed by atoms with Gasteiger partial charge in [0, 0.05) is 43.1 Å². The predicted molar refractivity (Wildman–Crippen MR) is 123 cm³/mol. The van der Waals surface area contributed by atoms with Crippen LogP contribution in [0.15, 0.2) is 54.6 Å². The van der Waals surface area contributed by atoms with Gasteiger partial charge in [-0.2, -0.15) is 0 Å². The van der Waals surface area contributed by atoms with Crippen LogP contribution in [0.1, 0.15) is 40.2 Å². The Balaban J connectivity index is 1.52. The highest BCUT2D eigenvalue weighted by atomic mass is 16.5. The van der Waals surface area contributed by atoms with Crippen LogP contribution in [0, 0.1) is 10.8 Å². The number of benzene rings is 2. The van der Waals surface area contributed by atoms with E-state index in [-0.39, 0.29) is 10.8 Å². The second kappa shape index (κ2) is 7.58. The molecule has 30 heavy (non-hydrogen) atoms. The molecule has 2 aromatic rings. The smallest absolute Gasteiger partial charge is 0.142 e. The highest BCUT2D eigenvalue weighted by Gasteiger charge is 2.73. The molecule has 1 saturated carbocycles. The number of nitrogens with zero attached hydrogens (tertiary/aromatic N) is 2. The van der Waals surface area contributed by atoms with Crippen LogP contribution in [0.3, 0.4) is 0 Å². The van der Waals surface area contributed by atoms with Gasteiger partial charge in [0.2, 0.25) is 0 Å². The third-order valence-corrected chi connectivity index (χ3v) is 7.61. The van der Waals surface area contributed by atoms with E-state index in [1.807, 2.05) is 31.2 Å². The summed E-state index contributed by atoms with van der Waals surface area (Å²) >= 11 is 0. The maximum Gasteiger partial charge on any atom is 0.142 e. The maximum absolute atomic E-state index is 11.9. The molecule has 162 valence electrons. The van der Waals surface area contributed by atoms with Crippen LogP contribution >= 0.6 is 0 Å². The summed E-state index contributed by atoms with van der Waals surface area (Å²) < 4.78 is 5.85. The number of para-hydroxylation sites is 2. The zero-order chi connectivity index (χ0) is 21.6. The number of hydrogen-bond acceptors (Lipinski definition) is 4. The molecule has 0 radical (unpaired) electrons. The van der Waals surface area contributed by atoms with Crippen molar-refractivity contribution in [1.29, 1.82) is 0 Å². The number of ether oxygens (including phenoxy) is 1. The van der Waals surface area contributed by atoms with E-state index in [2.05, 4.69) is 67.8 Å². The van der Waals surface area contributed by atoms with Gasteiger partial charge in [-0.15, -0.1) is 0 Å². The number of piperazine rings is 1. The van der Waals surface area contributed by atoms with E-state index in [4.69, 9.17) is 4.74 Å². The van der Waals surface area contributed by atoms with Gasteiger partial charge in [0.25, 0.3) is 0 Å². The molecule has 2 aromatic carbocycles. The third-order valence-electron chi connectivity index (χ3n) is 7.61. The zero-order valence-corrected chi connectivity index (χ0v) is 19.1. The van der Waals surface area contributed by atoms with Crippen molar-refractivity contribution in [3.05, 3.63) is 60.2 Å². The number of anilines is 1. The average Bonchev–Trinajstić information content (AvgIpc) is 2.74. The van der Waals surface area contributed by atoms with Gasteiger partial charge in [-0.05, 0) is 24.6 Å². The minimum absolute atomic E-state index is 0.233. The third kappa shape index (κ3) is 2.96. The summed E-state index contributed by atoms with van der Waals surface area (Å²) in [5.41, 5.74) is 0.907. The predicted octanol–water partition coefficient (Wildman–Crippen LogP) is 4.53. The fourth-order valence-electron chi connectivity index (χ4n) is 6.60. The fraction of sp³-hybridized carbons (Fsp3) is 0.538. The molecule has 2 fully saturated rings. The molecule has 1 saturated heterocycles. The molecule has 0 bridgehead atoms. The first kappa shape index (κ1) is 21.2. The Morgan fingerprint density at radius 3 is 2.03 bits per heavy atom. The van der Waals surface area contributed by atoms with Crippen molar-refractivity contribution in [3.8, 4) is 5.75 Å². The lowest BCUT2D eigenvalue weighted by Gasteiger charge is -2.72. The molecule has 2 aliphatic rings. The molecule has 0 amide bonds. The Morgan fingerprint density at radius 1 is 0.867 bits per heavy atom. The summed E-state index contributed by atoms with van der Waals surface area (Å²) in [6, 6.07) is 18.9. The summed E-state index contributed by atoms with van der Waals surface area (Å²) in [6.45, 7) is 15.5. The van der Waals surface area contributed by atoms with Crippen LogP contribution in [0.5, 0.6) is 5.75 Å². The van der Waals surface area contributed by atoms with E-state index < -0.39 is 5.60 Å². The van der Waals surface area contributed by atoms with Gasteiger partial charge < -0.3 is 14.7 Å². The summed E-state index contributed by atoms with van der Waals surface area (Å²) in [4.78, 5) is 5.03. The van der Waals surface area contributed by atoms with Crippen molar-refractivity contribution in [3.63, 3.8) is 0 Å². The van der Waals surface area contributed by atoms with Gasteiger partial charge in [0.15, 0.2) is 0 Å². The van der Waals surface area contributed by atoms with E-state index in [9.17, 15) is 5.11 Å². The average molecular weight is 409 g/mol. The Hall–Kier alpha value is -2.04. The molecule has 0 spiro atoms. The molecule has 0 atom stereocenters. The van der Waals surface area contributed by atoms with Crippen molar-refractivity contribution in [1.82, 2.24) is 4.90 Å². The lowest BCUT2D eigenvalue weighted by molar-refractivity contribution is -0.307.